The van der Waals surface area contributed by atoms with Crippen molar-refractivity contribution in [1.29, 1.82) is 0 Å². The second-order valence-electron chi connectivity index (χ2n) is 7.00. The van der Waals surface area contributed by atoms with Crippen LogP contribution in [0.3, 0.4) is 0 Å². The maximum atomic E-state index is 13.3. The number of H-pyrrole nitrogens is 1. The van der Waals surface area contributed by atoms with E-state index < -0.39 is 28.6 Å². The van der Waals surface area contributed by atoms with Crippen molar-refractivity contribution in [2.75, 3.05) is 18.5 Å². The monoisotopic (exact) mass is 502 g/mol. The normalized spacial score (nSPS) is 15.4. The number of aromatic amines is 1. The lowest BCUT2D eigenvalue weighted by atomic mass is 10.1. The molecule has 0 fully saturated rings. The number of benzene rings is 1. The van der Waals surface area contributed by atoms with Crippen LogP contribution in [0, 0.1) is 0 Å². The van der Waals surface area contributed by atoms with E-state index in [1.165, 1.54) is 30.4 Å². The molecule has 2 aromatic heterocycles. The standard InChI is InChI=1S/C19H16ClF3N6O2.CH4.H2S/c1-9-8-28(10-3-4-12(13(20)5-10)19(21,22)23)18(31)15-11(6-26-29(9)15)14-7-25-16(27-14)17(30)24-2;;/h3-7,9H,8H2,1-2H3,(H,24,30)(H,25,27);1H4;1H2/t9-;;/m0../s1. The van der Waals surface area contributed by atoms with Crippen LogP contribution in [0.25, 0.3) is 11.3 Å². The number of rotatable bonds is 3. The number of fused-ring (bicyclic) bond motifs is 1. The third-order valence-corrected chi connectivity index (χ3v) is 5.30. The highest BCUT2D eigenvalue weighted by Gasteiger charge is 2.36. The van der Waals surface area contributed by atoms with Crippen LogP contribution in [-0.2, 0) is 6.18 Å². The first-order valence-electron chi connectivity index (χ1n) is 9.15. The van der Waals surface area contributed by atoms with Crippen molar-refractivity contribution < 1.29 is 22.8 Å². The quantitative estimate of drug-likeness (QED) is 0.559. The maximum absolute atomic E-state index is 13.3. The number of anilines is 1. The van der Waals surface area contributed by atoms with E-state index in [2.05, 4.69) is 20.4 Å². The van der Waals surface area contributed by atoms with Gasteiger partial charge in [0.2, 0.25) is 0 Å². The van der Waals surface area contributed by atoms with E-state index in [-0.39, 0.29) is 50.7 Å². The summed E-state index contributed by atoms with van der Waals surface area (Å²) in [6.07, 6.45) is -1.70. The van der Waals surface area contributed by atoms with Gasteiger partial charge in [-0.2, -0.15) is 31.8 Å². The summed E-state index contributed by atoms with van der Waals surface area (Å²) in [6, 6.07) is 2.93. The largest absolute Gasteiger partial charge is 0.417 e. The van der Waals surface area contributed by atoms with Crippen molar-refractivity contribution in [3.63, 3.8) is 0 Å². The van der Waals surface area contributed by atoms with E-state index in [0.29, 0.717) is 11.3 Å². The number of nitrogens with zero attached hydrogens (tertiary/aromatic N) is 4. The van der Waals surface area contributed by atoms with Gasteiger partial charge in [-0.05, 0) is 25.1 Å². The molecular weight excluding hydrogens is 481 g/mol. The number of carbonyl (C=O) groups is 2. The Morgan fingerprint density at radius 1 is 1.30 bits per heavy atom. The first-order valence-corrected chi connectivity index (χ1v) is 9.53. The Labute approximate surface area is 199 Å². The molecule has 0 spiro atoms. The molecule has 1 aliphatic rings. The predicted octanol–water partition coefficient (Wildman–Crippen LogP) is 4.28. The molecule has 3 aromatic rings. The van der Waals surface area contributed by atoms with Gasteiger partial charge in [0.15, 0.2) is 5.82 Å². The van der Waals surface area contributed by atoms with Crippen LogP contribution in [0.2, 0.25) is 5.02 Å². The first-order chi connectivity index (χ1) is 14.6. The number of alkyl halides is 3. The average molecular weight is 503 g/mol. The number of nitrogens with one attached hydrogen (secondary N) is 2. The highest BCUT2D eigenvalue weighted by Crippen LogP contribution is 2.38. The van der Waals surface area contributed by atoms with Gasteiger partial charge in [-0.3, -0.25) is 14.3 Å². The zero-order chi connectivity index (χ0) is 22.5. The van der Waals surface area contributed by atoms with Crippen molar-refractivity contribution in [3.05, 3.63) is 52.7 Å². The molecule has 4 rings (SSSR count). The Bertz CT molecular complexity index is 1190. The molecule has 0 aliphatic carbocycles. The van der Waals surface area contributed by atoms with E-state index in [1.54, 1.807) is 4.68 Å². The Morgan fingerprint density at radius 3 is 2.61 bits per heavy atom. The van der Waals surface area contributed by atoms with Crippen LogP contribution < -0.4 is 10.2 Å². The van der Waals surface area contributed by atoms with E-state index in [9.17, 15) is 22.8 Å². The van der Waals surface area contributed by atoms with Crippen LogP contribution in [0.4, 0.5) is 18.9 Å². The molecule has 1 atom stereocenters. The summed E-state index contributed by atoms with van der Waals surface area (Å²) < 4.78 is 40.6. The zero-order valence-corrected chi connectivity index (χ0v) is 18.5. The summed E-state index contributed by atoms with van der Waals surface area (Å²) >= 11 is 5.84. The van der Waals surface area contributed by atoms with Gasteiger partial charge < -0.3 is 15.2 Å². The van der Waals surface area contributed by atoms with Gasteiger partial charge in [-0.25, -0.2) is 4.98 Å². The van der Waals surface area contributed by atoms with Crippen molar-refractivity contribution in [2.45, 2.75) is 26.6 Å². The SMILES string of the molecule is C.CNC(=O)c1ncc(-c2cnn3c2C(=O)N(c2ccc(C(F)(F)F)c(Cl)c2)C[C@@H]3C)[nH]1.S. The molecule has 0 saturated carbocycles. The maximum Gasteiger partial charge on any atom is 0.417 e. The topological polar surface area (TPSA) is 95.9 Å². The van der Waals surface area contributed by atoms with Gasteiger partial charge in [0.25, 0.3) is 11.8 Å². The van der Waals surface area contributed by atoms with Gasteiger partial charge in [0, 0.05) is 19.3 Å². The fourth-order valence-electron chi connectivity index (χ4n) is 3.48. The van der Waals surface area contributed by atoms with E-state index in [4.69, 9.17) is 11.6 Å². The summed E-state index contributed by atoms with van der Waals surface area (Å²) in [5, 5.41) is 6.23. The Balaban J connectivity index is 0.00000193. The summed E-state index contributed by atoms with van der Waals surface area (Å²) in [5.41, 5.74) is 0.320. The minimum atomic E-state index is -4.59. The molecule has 1 aliphatic heterocycles. The summed E-state index contributed by atoms with van der Waals surface area (Å²) in [4.78, 5) is 33.3. The molecule has 13 heteroatoms. The fourth-order valence-corrected chi connectivity index (χ4v) is 3.76. The summed E-state index contributed by atoms with van der Waals surface area (Å²) in [7, 11) is 1.46. The van der Waals surface area contributed by atoms with E-state index in [0.717, 1.165) is 12.1 Å². The minimum Gasteiger partial charge on any atom is -0.352 e. The predicted molar refractivity (Wildman–Crippen MR) is 123 cm³/mol. The van der Waals surface area contributed by atoms with Crippen LogP contribution in [-0.4, -0.2) is 45.2 Å². The molecule has 1 aromatic carbocycles. The number of aromatic nitrogens is 4. The van der Waals surface area contributed by atoms with Crippen LogP contribution in [0.15, 0.2) is 30.6 Å². The summed E-state index contributed by atoms with van der Waals surface area (Å²) in [5.74, 6) is -0.814. The third-order valence-electron chi connectivity index (χ3n) is 4.99. The molecule has 3 heterocycles. The Kier molecular flexibility index (Phi) is 7.54. The van der Waals surface area contributed by atoms with Gasteiger partial charge in [0.05, 0.1) is 40.3 Å². The van der Waals surface area contributed by atoms with Gasteiger partial charge in [-0.1, -0.05) is 19.0 Å². The van der Waals surface area contributed by atoms with E-state index in [1.807, 2.05) is 6.92 Å². The molecule has 2 N–H and O–H groups in total. The fraction of sp³-hybridized carbons (Fsp3) is 0.300. The second kappa shape index (κ2) is 9.48. The molecule has 33 heavy (non-hydrogen) atoms. The number of amides is 2. The number of halogens is 4. The van der Waals surface area contributed by atoms with Crippen LogP contribution >= 0.6 is 25.1 Å². The van der Waals surface area contributed by atoms with Gasteiger partial charge in [0.1, 0.15) is 5.69 Å². The molecule has 2 amide bonds. The number of imidazole rings is 1. The van der Waals surface area contributed by atoms with Crippen molar-refractivity contribution in [2.24, 2.45) is 0 Å². The third kappa shape index (κ3) is 4.58. The molecule has 0 bridgehead atoms. The lowest BCUT2D eigenvalue weighted by molar-refractivity contribution is -0.137. The number of hydrogen-bond donors (Lipinski definition) is 2. The number of hydrogen-bond acceptors (Lipinski definition) is 4. The highest BCUT2D eigenvalue weighted by molar-refractivity contribution is 7.59. The minimum absolute atomic E-state index is 0. The molecule has 0 unspecified atom stereocenters. The smallest absolute Gasteiger partial charge is 0.352 e. The van der Waals surface area contributed by atoms with Crippen LogP contribution in [0.5, 0.6) is 0 Å². The Hall–Kier alpha value is -2.99. The lowest BCUT2D eigenvalue weighted by Crippen LogP contribution is -2.42. The first kappa shape index (κ1) is 26.3. The second-order valence-corrected chi connectivity index (χ2v) is 7.41. The number of carbonyl (C=O) groups excluding carboxylic acids is 2. The molecule has 178 valence electrons. The molecular formula is C20H22ClF3N6O2S. The van der Waals surface area contributed by atoms with Crippen molar-refractivity contribution in [3.8, 4) is 11.3 Å². The molecule has 0 saturated heterocycles. The zero-order valence-electron chi connectivity index (χ0n) is 16.8. The molecule has 0 radical (unpaired) electrons. The van der Waals surface area contributed by atoms with Gasteiger partial charge >= 0.3 is 6.18 Å². The van der Waals surface area contributed by atoms with Crippen LogP contribution in [0.1, 0.15) is 47.1 Å². The van der Waals surface area contributed by atoms with E-state index >= 15 is 0 Å². The van der Waals surface area contributed by atoms with Gasteiger partial charge in [-0.15, -0.1) is 0 Å². The summed E-state index contributed by atoms with van der Waals surface area (Å²) in [6.45, 7) is 2.02. The van der Waals surface area contributed by atoms with Crippen molar-refractivity contribution in [1.82, 2.24) is 25.1 Å². The average Bonchev–Trinajstić information content (AvgIpc) is 3.36. The molecule has 8 nitrogen and oxygen atoms in total. The van der Waals surface area contributed by atoms with Crippen molar-refractivity contribution >= 4 is 42.6 Å². The lowest BCUT2D eigenvalue weighted by Gasteiger charge is -2.32. The highest BCUT2D eigenvalue weighted by atomic mass is 35.5. The Morgan fingerprint density at radius 2 is 2.00 bits per heavy atom.